The minimum atomic E-state index is -0.409. The van der Waals surface area contributed by atoms with Crippen LogP contribution in [0.15, 0.2) is 4.79 Å². The van der Waals surface area contributed by atoms with E-state index >= 15 is 0 Å². The number of carbonyl (C=O) groups is 1. The predicted molar refractivity (Wildman–Crippen MR) is 78.1 cm³/mol. The molecule has 2 N–H and O–H groups in total. The number of likely N-dealkylation sites (tertiary alicyclic amines) is 1. The molecule has 118 valence electrons. The smallest absolute Gasteiger partial charge is 0.340 e. The van der Waals surface area contributed by atoms with Crippen LogP contribution >= 0.6 is 0 Å². The lowest BCUT2D eigenvalue weighted by atomic mass is 9.97. The average Bonchev–Trinajstić information content (AvgIpc) is 2.93. The molecule has 1 aromatic rings. The zero-order chi connectivity index (χ0) is 15.2. The van der Waals surface area contributed by atoms with Gasteiger partial charge in [0.25, 0.3) is 5.91 Å². The summed E-state index contributed by atoms with van der Waals surface area (Å²) < 4.78 is 5.57. The standard InChI is InChI=1S/C14H24N4O3/c1-3-4-8-21-10(2)13(19)18-7-5-6-11(9-18)12-15-14(20)17-16-12/h10-11H,3-9H2,1-2H3,(H2,15,16,17,20)/t10-,11-/m1/s1. The van der Waals surface area contributed by atoms with Crippen LogP contribution in [0.5, 0.6) is 0 Å². The van der Waals surface area contributed by atoms with E-state index in [0.717, 1.165) is 32.2 Å². The largest absolute Gasteiger partial charge is 0.369 e. The maximum atomic E-state index is 12.4. The van der Waals surface area contributed by atoms with E-state index in [-0.39, 0.29) is 17.5 Å². The van der Waals surface area contributed by atoms with Crippen molar-refractivity contribution in [2.75, 3.05) is 19.7 Å². The highest BCUT2D eigenvalue weighted by atomic mass is 16.5. The summed E-state index contributed by atoms with van der Waals surface area (Å²) in [6.45, 7) is 5.84. The number of hydrogen-bond acceptors (Lipinski definition) is 4. The predicted octanol–water partition coefficient (Wildman–Crippen LogP) is 1.01. The van der Waals surface area contributed by atoms with Crippen molar-refractivity contribution in [3.05, 3.63) is 16.3 Å². The third-order valence-electron chi connectivity index (χ3n) is 3.85. The van der Waals surface area contributed by atoms with E-state index in [1.165, 1.54) is 0 Å². The van der Waals surface area contributed by atoms with E-state index in [1.807, 2.05) is 4.90 Å². The first-order chi connectivity index (χ1) is 10.1. The van der Waals surface area contributed by atoms with Crippen molar-refractivity contribution in [1.82, 2.24) is 20.1 Å². The third-order valence-corrected chi connectivity index (χ3v) is 3.85. The van der Waals surface area contributed by atoms with Crippen molar-refractivity contribution in [2.45, 2.75) is 51.6 Å². The van der Waals surface area contributed by atoms with Crippen LogP contribution < -0.4 is 5.69 Å². The van der Waals surface area contributed by atoms with Gasteiger partial charge in [0.1, 0.15) is 11.9 Å². The number of aromatic nitrogens is 3. The molecule has 1 aliphatic heterocycles. The molecular weight excluding hydrogens is 272 g/mol. The fourth-order valence-corrected chi connectivity index (χ4v) is 2.61. The van der Waals surface area contributed by atoms with E-state index in [9.17, 15) is 9.59 Å². The number of amides is 1. The second kappa shape index (κ2) is 7.40. The molecule has 0 radical (unpaired) electrons. The number of aromatic amines is 2. The minimum Gasteiger partial charge on any atom is -0.369 e. The first-order valence-electron chi connectivity index (χ1n) is 7.66. The monoisotopic (exact) mass is 296 g/mol. The number of unbranched alkanes of at least 4 members (excludes halogenated alkanes) is 1. The van der Waals surface area contributed by atoms with Crippen LogP contribution in [0.25, 0.3) is 0 Å². The van der Waals surface area contributed by atoms with Gasteiger partial charge in [-0.3, -0.25) is 9.78 Å². The van der Waals surface area contributed by atoms with Crippen LogP contribution in [0.2, 0.25) is 0 Å². The Balaban J connectivity index is 1.91. The molecule has 2 heterocycles. The number of H-pyrrole nitrogens is 2. The van der Waals surface area contributed by atoms with Gasteiger partial charge < -0.3 is 9.64 Å². The van der Waals surface area contributed by atoms with E-state index in [4.69, 9.17) is 4.74 Å². The summed E-state index contributed by atoms with van der Waals surface area (Å²) in [6, 6.07) is 0. The highest BCUT2D eigenvalue weighted by Gasteiger charge is 2.29. The van der Waals surface area contributed by atoms with E-state index in [1.54, 1.807) is 6.92 Å². The molecule has 1 saturated heterocycles. The lowest BCUT2D eigenvalue weighted by molar-refractivity contribution is -0.144. The maximum Gasteiger partial charge on any atom is 0.340 e. The molecule has 2 atom stereocenters. The van der Waals surface area contributed by atoms with Gasteiger partial charge in [0.15, 0.2) is 0 Å². The molecule has 21 heavy (non-hydrogen) atoms. The zero-order valence-corrected chi connectivity index (χ0v) is 12.7. The SMILES string of the molecule is CCCCO[C@H](C)C(=O)N1CCC[C@@H](c2n[nH]c(=O)[nH]2)C1. The molecule has 1 aromatic heterocycles. The second-order valence-electron chi connectivity index (χ2n) is 5.55. The molecule has 0 aromatic carbocycles. The van der Waals surface area contributed by atoms with Gasteiger partial charge in [-0.2, -0.15) is 5.10 Å². The second-order valence-corrected chi connectivity index (χ2v) is 5.55. The summed E-state index contributed by atoms with van der Waals surface area (Å²) in [6.07, 6.45) is 3.45. The summed E-state index contributed by atoms with van der Waals surface area (Å²) in [5.74, 6) is 0.746. The summed E-state index contributed by atoms with van der Waals surface area (Å²) in [7, 11) is 0. The molecule has 0 bridgehead atoms. The first-order valence-corrected chi connectivity index (χ1v) is 7.66. The molecule has 1 aliphatic rings. The fraction of sp³-hybridized carbons (Fsp3) is 0.786. The third kappa shape index (κ3) is 4.17. The van der Waals surface area contributed by atoms with Crippen molar-refractivity contribution in [3.8, 4) is 0 Å². The van der Waals surface area contributed by atoms with Crippen molar-refractivity contribution in [2.24, 2.45) is 0 Å². The average molecular weight is 296 g/mol. The minimum absolute atomic E-state index is 0.0219. The quantitative estimate of drug-likeness (QED) is 0.766. The number of hydrogen-bond donors (Lipinski definition) is 2. The number of piperidine rings is 1. The number of nitrogens with one attached hydrogen (secondary N) is 2. The van der Waals surface area contributed by atoms with Crippen LogP contribution in [0.1, 0.15) is 51.3 Å². The van der Waals surface area contributed by atoms with Crippen molar-refractivity contribution in [1.29, 1.82) is 0 Å². The Labute approximate surface area is 124 Å². The summed E-state index contributed by atoms with van der Waals surface area (Å²) in [4.78, 5) is 28.0. The van der Waals surface area contributed by atoms with Crippen LogP contribution in [0.3, 0.4) is 0 Å². The Kier molecular flexibility index (Phi) is 5.55. The lowest BCUT2D eigenvalue weighted by Gasteiger charge is -2.33. The van der Waals surface area contributed by atoms with Crippen molar-refractivity contribution < 1.29 is 9.53 Å². The molecular formula is C14H24N4O3. The Morgan fingerprint density at radius 1 is 1.57 bits per heavy atom. The number of carbonyl (C=O) groups excluding carboxylic acids is 1. The van der Waals surface area contributed by atoms with Crippen LogP contribution in [-0.2, 0) is 9.53 Å². The normalized spacial score (nSPS) is 20.5. The molecule has 1 amide bonds. The molecule has 0 aliphatic carbocycles. The van der Waals surface area contributed by atoms with E-state index in [0.29, 0.717) is 19.0 Å². The van der Waals surface area contributed by atoms with Gasteiger partial charge in [-0.05, 0) is 26.2 Å². The van der Waals surface area contributed by atoms with Gasteiger partial charge in [0.2, 0.25) is 0 Å². The van der Waals surface area contributed by atoms with Crippen LogP contribution in [0.4, 0.5) is 0 Å². The fourth-order valence-electron chi connectivity index (χ4n) is 2.61. The Hall–Kier alpha value is -1.63. The summed E-state index contributed by atoms with van der Waals surface area (Å²) in [5.41, 5.74) is -0.301. The van der Waals surface area contributed by atoms with Gasteiger partial charge in [0, 0.05) is 25.6 Å². The van der Waals surface area contributed by atoms with Crippen LogP contribution in [-0.4, -0.2) is 51.8 Å². The zero-order valence-electron chi connectivity index (χ0n) is 12.7. The summed E-state index contributed by atoms with van der Waals surface area (Å²) >= 11 is 0. The molecule has 0 unspecified atom stereocenters. The van der Waals surface area contributed by atoms with Gasteiger partial charge in [-0.15, -0.1) is 0 Å². The number of rotatable bonds is 6. The highest BCUT2D eigenvalue weighted by Crippen LogP contribution is 2.24. The Morgan fingerprint density at radius 3 is 3.05 bits per heavy atom. The summed E-state index contributed by atoms with van der Waals surface area (Å²) in [5, 5.41) is 6.35. The molecule has 1 fully saturated rings. The molecule has 2 rings (SSSR count). The number of ether oxygens (including phenoxy) is 1. The highest BCUT2D eigenvalue weighted by molar-refractivity contribution is 5.80. The molecule has 7 heteroatoms. The lowest BCUT2D eigenvalue weighted by Crippen LogP contribution is -2.44. The molecule has 0 saturated carbocycles. The first kappa shape index (κ1) is 15.8. The van der Waals surface area contributed by atoms with Crippen molar-refractivity contribution in [3.63, 3.8) is 0 Å². The topological polar surface area (TPSA) is 91.1 Å². The van der Waals surface area contributed by atoms with E-state index in [2.05, 4.69) is 22.1 Å². The molecule has 0 spiro atoms. The van der Waals surface area contributed by atoms with Gasteiger partial charge in [-0.25, -0.2) is 9.89 Å². The van der Waals surface area contributed by atoms with Gasteiger partial charge in [0.05, 0.1) is 0 Å². The Bertz CT molecular complexity index is 510. The molecule has 7 nitrogen and oxygen atoms in total. The van der Waals surface area contributed by atoms with E-state index < -0.39 is 6.10 Å². The van der Waals surface area contributed by atoms with Crippen LogP contribution in [0, 0.1) is 0 Å². The van der Waals surface area contributed by atoms with Gasteiger partial charge >= 0.3 is 5.69 Å². The maximum absolute atomic E-state index is 12.4. The number of nitrogens with zero attached hydrogens (tertiary/aromatic N) is 2. The Morgan fingerprint density at radius 2 is 2.38 bits per heavy atom. The van der Waals surface area contributed by atoms with Crippen molar-refractivity contribution >= 4 is 5.91 Å². The van der Waals surface area contributed by atoms with Gasteiger partial charge in [-0.1, -0.05) is 13.3 Å².